The van der Waals surface area contributed by atoms with Gasteiger partial charge < -0.3 is 0 Å². The zero-order valence-electron chi connectivity index (χ0n) is 13.0. The van der Waals surface area contributed by atoms with Gasteiger partial charge in [-0.15, -0.1) is 0 Å². The summed E-state index contributed by atoms with van der Waals surface area (Å²) in [6, 6.07) is 0. The number of hydrogen-bond donors (Lipinski definition) is 0. The van der Waals surface area contributed by atoms with E-state index in [1.165, 1.54) is 38.5 Å². The highest BCUT2D eigenvalue weighted by molar-refractivity contribution is 6.40. The molecular formula is C18H29B. The van der Waals surface area contributed by atoms with Crippen LogP contribution < -0.4 is 0 Å². The standard InChI is InChI=1S/C18H29B/c1-11-15(9-12-10-16(11)18(12,2)3)14-8-7-13-5-4-6-17(14)19-13/h9,11-14,16-17,19H,4-8,10H2,1-3H3. The summed E-state index contributed by atoms with van der Waals surface area (Å²) in [5.41, 5.74) is 2.51. The van der Waals surface area contributed by atoms with Crippen LogP contribution in [0.15, 0.2) is 11.6 Å². The van der Waals surface area contributed by atoms with E-state index in [1.807, 2.05) is 5.57 Å². The number of rotatable bonds is 1. The Kier molecular flexibility index (Phi) is 2.74. The lowest BCUT2D eigenvalue weighted by atomic mass is 9.38. The maximum atomic E-state index is 2.75. The van der Waals surface area contributed by atoms with E-state index in [4.69, 9.17) is 0 Å². The molecular weight excluding hydrogens is 227 g/mol. The van der Waals surface area contributed by atoms with Crippen molar-refractivity contribution in [1.82, 2.24) is 0 Å². The largest absolute Gasteiger partial charge is 0.128 e. The summed E-state index contributed by atoms with van der Waals surface area (Å²) >= 11 is 0. The highest BCUT2D eigenvalue weighted by Crippen LogP contribution is 2.63. The first-order chi connectivity index (χ1) is 9.07. The lowest BCUT2D eigenvalue weighted by molar-refractivity contribution is -0.0357. The van der Waals surface area contributed by atoms with E-state index in [9.17, 15) is 0 Å². The Hall–Kier alpha value is -0.195. The van der Waals surface area contributed by atoms with Crippen molar-refractivity contribution in [2.45, 2.75) is 70.9 Å². The van der Waals surface area contributed by atoms with Gasteiger partial charge in [-0.05, 0) is 41.9 Å². The molecule has 0 amide bonds. The number of fused-ring (bicyclic) bond motifs is 3. The molecule has 2 aliphatic heterocycles. The molecule has 19 heavy (non-hydrogen) atoms. The van der Waals surface area contributed by atoms with Crippen LogP contribution >= 0.6 is 0 Å². The van der Waals surface area contributed by atoms with E-state index < -0.39 is 0 Å². The molecule has 3 fully saturated rings. The van der Waals surface area contributed by atoms with Crippen LogP contribution in [0.25, 0.3) is 0 Å². The average molecular weight is 256 g/mol. The lowest BCUT2D eigenvalue weighted by Crippen LogP contribution is -2.52. The highest BCUT2D eigenvalue weighted by atomic mass is 14.6. The maximum absolute atomic E-state index is 2.75. The molecule has 3 aliphatic carbocycles. The van der Waals surface area contributed by atoms with Gasteiger partial charge in [-0.2, -0.15) is 0 Å². The molecule has 0 aromatic heterocycles. The van der Waals surface area contributed by atoms with Crippen molar-refractivity contribution < 1.29 is 0 Å². The molecule has 2 saturated heterocycles. The Morgan fingerprint density at radius 3 is 2.74 bits per heavy atom. The topological polar surface area (TPSA) is 0 Å². The molecule has 6 unspecified atom stereocenters. The molecule has 5 rings (SSSR count). The molecule has 0 nitrogen and oxygen atoms in total. The molecule has 0 aromatic carbocycles. The molecule has 4 bridgehead atoms. The van der Waals surface area contributed by atoms with E-state index in [0.29, 0.717) is 5.41 Å². The van der Waals surface area contributed by atoms with Gasteiger partial charge in [0.2, 0.25) is 0 Å². The van der Waals surface area contributed by atoms with Crippen molar-refractivity contribution in [3.63, 3.8) is 0 Å². The van der Waals surface area contributed by atoms with Crippen molar-refractivity contribution in [1.29, 1.82) is 0 Å². The molecule has 0 aromatic rings. The summed E-state index contributed by atoms with van der Waals surface area (Å²) in [7, 11) is 1.56. The predicted molar refractivity (Wildman–Crippen MR) is 83.8 cm³/mol. The molecule has 2 heterocycles. The highest BCUT2D eigenvalue weighted by Gasteiger charge is 2.54. The fraction of sp³-hybridized carbons (Fsp3) is 0.889. The lowest BCUT2D eigenvalue weighted by Gasteiger charge is -2.60. The molecule has 1 saturated carbocycles. The van der Waals surface area contributed by atoms with Gasteiger partial charge >= 0.3 is 0 Å². The smallest absolute Gasteiger partial charge is 0.0811 e. The van der Waals surface area contributed by atoms with E-state index in [0.717, 1.165) is 35.3 Å². The molecule has 0 radical (unpaired) electrons. The summed E-state index contributed by atoms with van der Waals surface area (Å²) in [6.07, 6.45) is 11.9. The van der Waals surface area contributed by atoms with Gasteiger partial charge in [0.25, 0.3) is 0 Å². The zero-order chi connectivity index (χ0) is 13.2. The van der Waals surface area contributed by atoms with E-state index in [2.05, 4.69) is 26.8 Å². The second kappa shape index (κ2) is 4.15. The number of hydrogen-bond acceptors (Lipinski definition) is 0. The second-order valence-corrected chi connectivity index (χ2v) is 8.70. The Balaban J connectivity index is 1.59. The van der Waals surface area contributed by atoms with Crippen LogP contribution in [0.1, 0.15) is 59.3 Å². The van der Waals surface area contributed by atoms with Crippen molar-refractivity contribution in [2.24, 2.45) is 29.1 Å². The molecule has 6 atom stereocenters. The fourth-order valence-electron chi connectivity index (χ4n) is 6.25. The molecule has 0 spiro atoms. The van der Waals surface area contributed by atoms with Crippen LogP contribution in [0.4, 0.5) is 0 Å². The molecule has 104 valence electrons. The van der Waals surface area contributed by atoms with Crippen LogP contribution in [-0.4, -0.2) is 7.28 Å². The average Bonchev–Trinajstić information content (AvgIpc) is 2.39. The maximum Gasteiger partial charge on any atom is 0.128 e. The van der Waals surface area contributed by atoms with Crippen LogP contribution in [0.5, 0.6) is 0 Å². The molecule has 5 aliphatic rings. The Labute approximate surface area is 119 Å². The SMILES string of the molecule is CC1C(C2CCC3BC2CCC3)=CC2CC1C2(C)C. The van der Waals surface area contributed by atoms with Crippen molar-refractivity contribution in [3.8, 4) is 0 Å². The summed E-state index contributed by atoms with van der Waals surface area (Å²) in [5, 5.41) is 0. The van der Waals surface area contributed by atoms with Crippen molar-refractivity contribution in [3.05, 3.63) is 11.6 Å². The first-order valence-corrected chi connectivity index (χ1v) is 8.79. The monoisotopic (exact) mass is 256 g/mol. The van der Waals surface area contributed by atoms with Gasteiger partial charge in [-0.1, -0.05) is 69.7 Å². The van der Waals surface area contributed by atoms with Crippen LogP contribution in [0, 0.1) is 29.1 Å². The van der Waals surface area contributed by atoms with Gasteiger partial charge in [-0.25, -0.2) is 0 Å². The summed E-state index contributed by atoms with van der Waals surface area (Å²) < 4.78 is 0. The van der Waals surface area contributed by atoms with E-state index in [1.54, 1.807) is 7.28 Å². The Morgan fingerprint density at radius 1 is 1.16 bits per heavy atom. The summed E-state index contributed by atoms with van der Waals surface area (Å²) in [6.45, 7) is 7.56. The van der Waals surface area contributed by atoms with Crippen molar-refractivity contribution >= 4 is 7.28 Å². The summed E-state index contributed by atoms with van der Waals surface area (Å²) in [5.74, 6) is 5.91. The van der Waals surface area contributed by atoms with E-state index in [-0.39, 0.29) is 0 Å². The van der Waals surface area contributed by atoms with Gasteiger partial charge in [0, 0.05) is 0 Å². The van der Waals surface area contributed by atoms with Crippen molar-refractivity contribution in [2.75, 3.05) is 0 Å². The Bertz CT molecular complexity index is 408. The molecule has 0 N–H and O–H groups in total. The zero-order valence-corrected chi connectivity index (χ0v) is 13.0. The third kappa shape index (κ3) is 1.72. The first kappa shape index (κ1) is 12.5. The summed E-state index contributed by atoms with van der Waals surface area (Å²) in [4.78, 5) is 0. The van der Waals surface area contributed by atoms with E-state index >= 15 is 0 Å². The van der Waals surface area contributed by atoms with Crippen LogP contribution in [0.3, 0.4) is 0 Å². The fourth-order valence-corrected chi connectivity index (χ4v) is 6.25. The third-order valence-electron chi connectivity index (χ3n) is 7.65. The van der Waals surface area contributed by atoms with Gasteiger partial charge in [-0.3, -0.25) is 0 Å². The van der Waals surface area contributed by atoms with Crippen LogP contribution in [-0.2, 0) is 0 Å². The Morgan fingerprint density at radius 2 is 2.00 bits per heavy atom. The van der Waals surface area contributed by atoms with Gasteiger partial charge in [0.05, 0.1) is 0 Å². The van der Waals surface area contributed by atoms with Crippen LogP contribution in [0.2, 0.25) is 11.6 Å². The predicted octanol–water partition coefficient (Wildman–Crippen LogP) is 4.83. The minimum Gasteiger partial charge on any atom is -0.0811 e. The second-order valence-electron chi connectivity index (χ2n) is 8.70. The first-order valence-electron chi connectivity index (χ1n) is 8.79. The normalized spacial score (nSPS) is 50.8. The third-order valence-corrected chi connectivity index (χ3v) is 7.65. The molecule has 1 heteroatoms. The number of allylic oxidation sites excluding steroid dienone is 2. The van der Waals surface area contributed by atoms with Gasteiger partial charge in [0.1, 0.15) is 7.28 Å². The minimum absolute atomic E-state index is 0.604. The quantitative estimate of drug-likeness (QED) is 0.465. The minimum atomic E-state index is 0.604. The van der Waals surface area contributed by atoms with Gasteiger partial charge in [0.15, 0.2) is 0 Å².